The second-order valence-corrected chi connectivity index (χ2v) is 5.79. The number of aromatic nitrogens is 1. The van der Waals surface area contributed by atoms with Gasteiger partial charge in [-0.3, -0.25) is 9.59 Å². The van der Waals surface area contributed by atoms with Gasteiger partial charge in [0.15, 0.2) is 6.61 Å². The summed E-state index contributed by atoms with van der Waals surface area (Å²) in [7, 11) is 0. The highest BCUT2D eigenvalue weighted by molar-refractivity contribution is 6.05. The van der Waals surface area contributed by atoms with Crippen LogP contribution in [0.25, 0.3) is 0 Å². The molecule has 0 fully saturated rings. The van der Waals surface area contributed by atoms with E-state index in [1.807, 2.05) is 0 Å². The third-order valence-electron chi connectivity index (χ3n) is 3.78. The minimum absolute atomic E-state index is 0.0635. The molecule has 2 aromatic rings. The molecule has 1 aromatic heterocycles. The van der Waals surface area contributed by atoms with Crippen molar-refractivity contribution < 1.29 is 23.6 Å². The van der Waals surface area contributed by atoms with E-state index in [0.717, 1.165) is 0 Å². The summed E-state index contributed by atoms with van der Waals surface area (Å²) >= 11 is 0. The molecule has 0 unspecified atom stereocenters. The van der Waals surface area contributed by atoms with Gasteiger partial charge in [-0.1, -0.05) is 17.3 Å². The van der Waals surface area contributed by atoms with Crippen LogP contribution in [0.1, 0.15) is 29.6 Å². The van der Waals surface area contributed by atoms with Crippen LogP contribution in [0.3, 0.4) is 0 Å². The number of anilines is 2. The van der Waals surface area contributed by atoms with Crippen LogP contribution >= 0.6 is 0 Å². The zero-order valence-corrected chi connectivity index (χ0v) is 13.8. The van der Waals surface area contributed by atoms with Crippen molar-refractivity contribution in [2.24, 2.45) is 0 Å². The number of nitrogens with zero attached hydrogens (tertiary/aromatic N) is 2. The van der Waals surface area contributed by atoms with E-state index >= 15 is 0 Å². The minimum Gasteiger partial charge on any atom is -0.450 e. The van der Waals surface area contributed by atoms with Gasteiger partial charge in [-0.2, -0.15) is 0 Å². The van der Waals surface area contributed by atoms with E-state index in [-0.39, 0.29) is 24.1 Å². The van der Waals surface area contributed by atoms with Gasteiger partial charge in [0.25, 0.3) is 5.91 Å². The highest BCUT2D eigenvalue weighted by Crippen LogP contribution is 2.31. The highest BCUT2D eigenvalue weighted by atomic mass is 16.6. The van der Waals surface area contributed by atoms with Crippen molar-refractivity contribution in [2.75, 3.05) is 16.8 Å². The third-order valence-corrected chi connectivity index (χ3v) is 3.78. The Hall–Kier alpha value is -3.16. The third kappa shape index (κ3) is 3.52. The zero-order chi connectivity index (χ0) is 18.0. The molecule has 0 aliphatic carbocycles. The molecule has 1 atom stereocenters. The van der Waals surface area contributed by atoms with Gasteiger partial charge in [0.05, 0.1) is 17.1 Å². The van der Waals surface area contributed by atoms with Crippen molar-refractivity contribution in [3.63, 3.8) is 0 Å². The maximum Gasteiger partial charge on any atom is 0.377 e. The maximum absolute atomic E-state index is 12.6. The van der Waals surface area contributed by atoms with Gasteiger partial charge in [-0.25, -0.2) is 4.79 Å². The van der Waals surface area contributed by atoms with Crippen LogP contribution in [0, 0.1) is 6.92 Å². The van der Waals surface area contributed by atoms with E-state index in [9.17, 15) is 14.4 Å². The fourth-order valence-corrected chi connectivity index (χ4v) is 2.70. The zero-order valence-electron chi connectivity index (χ0n) is 13.8. The molecule has 1 aliphatic heterocycles. The van der Waals surface area contributed by atoms with E-state index in [1.54, 1.807) is 38.1 Å². The van der Waals surface area contributed by atoms with Crippen LogP contribution in [0.4, 0.5) is 11.4 Å². The number of amides is 2. The second kappa shape index (κ2) is 6.76. The predicted octanol–water partition coefficient (Wildman–Crippen LogP) is 1.90. The number of aryl methyl sites for hydroxylation is 1. The molecule has 1 aromatic carbocycles. The number of fused-ring (bicyclic) bond motifs is 1. The fourth-order valence-electron chi connectivity index (χ4n) is 2.70. The molecule has 8 heteroatoms. The number of para-hydroxylation sites is 2. The lowest BCUT2D eigenvalue weighted by molar-refractivity contribution is -0.122. The van der Waals surface area contributed by atoms with Crippen LogP contribution in [-0.2, 0) is 14.3 Å². The Morgan fingerprint density at radius 2 is 2.16 bits per heavy atom. The summed E-state index contributed by atoms with van der Waals surface area (Å²) in [6.07, 6.45) is 0.148. The molecule has 2 heterocycles. The number of ether oxygens (including phenoxy) is 1. The second-order valence-electron chi connectivity index (χ2n) is 5.79. The topological polar surface area (TPSA) is 102 Å². The molecule has 25 heavy (non-hydrogen) atoms. The van der Waals surface area contributed by atoms with Gasteiger partial charge >= 0.3 is 5.97 Å². The largest absolute Gasteiger partial charge is 0.450 e. The van der Waals surface area contributed by atoms with Gasteiger partial charge in [-0.15, -0.1) is 0 Å². The summed E-state index contributed by atoms with van der Waals surface area (Å²) in [6, 6.07) is 8.05. The Balaban J connectivity index is 1.76. The average Bonchev–Trinajstić information content (AvgIpc) is 2.95. The van der Waals surface area contributed by atoms with E-state index in [2.05, 4.69) is 10.5 Å². The first-order valence-electron chi connectivity index (χ1n) is 7.77. The van der Waals surface area contributed by atoms with Crippen LogP contribution in [0.5, 0.6) is 0 Å². The van der Waals surface area contributed by atoms with E-state index in [0.29, 0.717) is 17.1 Å². The molecule has 2 amide bonds. The van der Waals surface area contributed by atoms with Crippen LogP contribution in [-0.4, -0.2) is 35.6 Å². The molecule has 0 saturated heterocycles. The van der Waals surface area contributed by atoms with E-state index in [1.165, 1.54) is 11.0 Å². The molecule has 0 radical (unpaired) electrons. The number of rotatable bonds is 3. The van der Waals surface area contributed by atoms with Gasteiger partial charge < -0.3 is 19.5 Å². The van der Waals surface area contributed by atoms with Crippen molar-refractivity contribution in [2.45, 2.75) is 26.3 Å². The monoisotopic (exact) mass is 343 g/mol. The van der Waals surface area contributed by atoms with E-state index < -0.39 is 18.5 Å². The summed E-state index contributed by atoms with van der Waals surface area (Å²) in [6.45, 7) is 2.97. The normalized spacial score (nSPS) is 16.6. The Bertz CT molecular complexity index is 829. The number of benzene rings is 1. The molecule has 1 N–H and O–H groups in total. The number of esters is 1. The molecule has 0 bridgehead atoms. The molecule has 0 spiro atoms. The quantitative estimate of drug-likeness (QED) is 0.854. The summed E-state index contributed by atoms with van der Waals surface area (Å²) < 4.78 is 9.83. The summed E-state index contributed by atoms with van der Waals surface area (Å²) in [5.74, 6) is -1.43. The predicted molar refractivity (Wildman–Crippen MR) is 88.2 cm³/mol. The van der Waals surface area contributed by atoms with Crippen LogP contribution in [0.15, 0.2) is 34.9 Å². The minimum atomic E-state index is -0.765. The van der Waals surface area contributed by atoms with Gasteiger partial charge in [0.1, 0.15) is 0 Å². The van der Waals surface area contributed by atoms with Crippen molar-refractivity contribution in [3.05, 3.63) is 41.8 Å². The number of nitrogens with one attached hydrogen (secondary N) is 1. The van der Waals surface area contributed by atoms with Crippen molar-refractivity contribution in [1.82, 2.24) is 5.16 Å². The molecular weight excluding hydrogens is 326 g/mol. The summed E-state index contributed by atoms with van der Waals surface area (Å²) in [5.41, 5.74) is 1.65. The smallest absolute Gasteiger partial charge is 0.377 e. The standard InChI is InChI=1S/C17H17N3O5/c1-10-7-14(25-19-10)17(23)24-9-16(22)20-11(2)8-15(21)18-12-5-3-4-6-13(12)20/h3-7,11H,8-9H2,1-2H3,(H,18,21)/t11-/m1/s1. The molecule has 0 saturated carbocycles. The fraction of sp³-hybridized carbons (Fsp3) is 0.294. The SMILES string of the molecule is Cc1cc(C(=O)OCC(=O)N2c3ccccc3NC(=O)C[C@H]2C)on1. The van der Waals surface area contributed by atoms with Gasteiger partial charge in [0.2, 0.25) is 11.7 Å². The average molecular weight is 343 g/mol. The molecule has 1 aliphatic rings. The Labute approximate surface area is 143 Å². The lowest BCUT2D eigenvalue weighted by Gasteiger charge is -2.27. The summed E-state index contributed by atoms with van der Waals surface area (Å²) in [4.78, 5) is 37.9. The van der Waals surface area contributed by atoms with Crippen LogP contribution < -0.4 is 10.2 Å². The Morgan fingerprint density at radius 3 is 2.88 bits per heavy atom. The molecule has 3 rings (SSSR count). The van der Waals surface area contributed by atoms with Gasteiger partial charge in [-0.05, 0) is 26.0 Å². The molecule has 8 nitrogen and oxygen atoms in total. The highest BCUT2D eigenvalue weighted by Gasteiger charge is 2.30. The number of hydrogen-bond acceptors (Lipinski definition) is 6. The van der Waals surface area contributed by atoms with E-state index in [4.69, 9.17) is 9.26 Å². The number of hydrogen-bond donors (Lipinski definition) is 1. The first-order chi connectivity index (χ1) is 12.0. The first-order valence-corrected chi connectivity index (χ1v) is 7.77. The number of carbonyl (C=O) groups excluding carboxylic acids is 3. The first kappa shape index (κ1) is 16.7. The lowest BCUT2D eigenvalue weighted by Crippen LogP contribution is -2.41. The lowest BCUT2D eigenvalue weighted by atomic mass is 10.1. The number of carbonyl (C=O) groups is 3. The molecule has 130 valence electrons. The van der Waals surface area contributed by atoms with Crippen molar-refractivity contribution in [1.29, 1.82) is 0 Å². The Kier molecular flexibility index (Phi) is 4.51. The maximum atomic E-state index is 12.6. The van der Waals surface area contributed by atoms with Gasteiger partial charge in [0, 0.05) is 18.5 Å². The van der Waals surface area contributed by atoms with Crippen LogP contribution in [0.2, 0.25) is 0 Å². The van der Waals surface area contributed by atoms with Crippen molar-refractivity contribution in [3.8, 4) is 0 Å². The summed E-state index contributed by atoms with van der Waals surface area (Å²) in [5, 5.41) is 6.37. The van der Waals surface area contributed by atoms with Crippen molar-refractivity contribution >= 4 is 29.2 Å². The Morgan fingerprint density at radius 1 is 1.40 bits per heavy atom. The molecular formula is C17H17N3O5.